The highest BCUT2D eigenvalue weighted by Crippen LogP contribution is 2.07. The summed E-state index contributed by atoms with van der Waals surface area (Å²) in [6, 6.07) is 1.33. The van der Waals surface area contributed by atoms with E-state index in [0.717, 1.165) is 13.1 Å². The molecule has 0 aromatic carbocycles. The Hall–Kier alpha value is -1.23. The van der Waals surface area contributed by atoms with E-state index in [9.17, 15) is 4.39 Å². The molecule has 0 spiro atoms. The summed E-state index contributed by atoms with van der Waals surface area (Å²) >= 11 is 0. The van der Waals surface area contributed by atoms with Gasteiger partial charge >= 0.3 is 0 Å². The van der Waals surface area contributed by atoms with Crippen molar-refractivity contribution >= 4 is 5.82 Å². The van der Waals surface area contributed by atoms with Crippen LogP contribution in [0.5, 0.6) is 0 Å². The van der Waals surface area contributed by atoms with Crippen LogP contribution in [0.25, 0.3) is 0 Å². The summed E-state index contributed by atoms with van der Waals surface area (Å²) in [5.41, 5.74) is 0. The third kappa shape index (κ3) is 3.26. The van der Waals surface area contributed by atoms with Crippen molar-refractivity contribution in [1.82, 2.24) is 14.9 Å². The van der Waals surface area contributed by atoms with E-state index in [0.29, 0.717) is 5.82 Å². The molecule has 0 aliphatic carbocycles. The fourth-order valence-electron chi connectivity index (χ4n) is 0.998. The molecule has 1 heterocycles. The van der Waals surface area contributed by atoms with Crippen molar-refractivity contribution in [2.24, 2.45) is 0 Å². The zero-order valence-corrected chi connectivity index (χ0v) is 8.74. The summed E-state index contributed by atoms with van der Waals surface area (Å²) < 4.78 is 12.7. The average molecular weight is 198 g/mol. The van der Waals surface area contributed by atoms with Crippen LogP contribution in [0.3, 0.4) is 0 Å². The zero-order chi connectivity index (χ0) is 10.6. The molecule has 0 saturated heterocycles. The minimum Gasteiger partial charge on any atom is -0.358 e. The molecule has 0 saturated carbocycles. The predicted molar refractivity (Wildman–Crippen MR) is 53.8 cm³/mol. The number of anilines is 1. The maximum absolute atomic E-state index is 12.7. The molecule has 1 aromatic rings. The molecule has 0 aliphatic rings. The Bertz CT molecular complexity index is 290. The van der Waals surface area contributed by atoms with Crippen LogP contribution in [0.4, 0.5) is 10.2 Å². The van der Waals surface area contributed by atoms with Crippen LogP contribution >= 0.6 is 0 Å². The number of nitrogens with zero attached hydrogens (tertiary/aromatic N) is 4. The highest BCUT2D eigenvalue weighted by molar-refractivity contribution is 5.35. The van der Waals surface area contributed by atoms with E-state index in [2.05, 4.69) is 14.9 Å². The number of rotatable bonds is 4. The standard InChI is InChI=1S/C9H15FN4/c1-13(2)4-5-14(3)9-6-8(10)11-7-12-9/h6-7H,4-5H2,1-3H3. The van der Waals surface area contributed by atoms with Crippen molar-refractivity contribution in [1.29, 1.82) is 0 Å². The second kappa shape index (κ2) is 4.85. The summed E-state index contributed by atoms with van der Waals surface area (Å²) in [4.78, 5) is 11.3. The van der Waals surface area contributed by atoms with Crippen LogP contribution in [0.1, 0.15) is 0 Å². The Balaban J connectivity index is 2.56. The summed E-state index contributed by atoms with van der Waals surface area (Å²) in [6.45, 7) is 1.71. The molecule has 0 bridgehead atoms. The van der Waals surface area contributed by atoms with Crippen LogP contribution in [-0.2, 0) is 0 Å². The quantitative estimate of drug-likeness (QED) is 0.664. The highest BCUT2D eigenvalue weighted by Gasteiger charge is 2.03. The summed E-state index contributed by atoms with van der Waals surface area (Å²) in [6.07, 6.45) is 1.23. The summed E-state index contributed by atoms with van der Waals surface area (Å²) in [5.74, 6) is 0.117. The van der Waals surface area contributed by atoms with Gasteiger partial charge in [-0.1, -0.05) is 0 Å². The fourth-order valence-corrected chi connectivity index (χ4v) is 0.998. The van der Waals surface area contributed by atoms with Crippen molar-refractivity contribution in [3.05, 3.63) is 18.3 Å². The predicted octanol–water partition coefficient (Wildman–Crippen LogP) is 0.613. The summed E-state index contributed by atoms with van der Waals surface area (Å²) in [7, 11) is 5.87. The maximum Gasteiger partial charge on any atom is 0.218 e. The lowest BCUT2D eigenvalue weighted by Crippen LogP contribution is -2.29. The lowest BCUT2D eigenvalue weighted by Gasteiger charge is -2.19. The lowest BCUT2D eigenvalue weighted by atomic mass is 10.4. The van der Waals surface area contributed by atoms with Gasteiger partial charge < -0.3 is 9.80 Å². The SMILES string of the molecule is CN(C)CCN(C)c1cc(F)ncn1. The Morgan fingerprint density at radius 1 is 1.21 bits per heavy atom. The molecule has 0 amide bonds. The zero-order valence-electron chi connectivity index (χ0n) is 8.74. The lowest BCUT2D eigenvalue weighted by molar-refractivity contribution is 0.416. The van der Waals surface area contributed by atoms with Gasteiger partial charge in [-0.05, 0) is 14.1 Å². The molecule has 4 nitrogen and oxygen atoms in total. The number of hydrogen-bond donors (Lipinski definition) is 0. The minimum atomic E-state index is -0.494. The normalized spacial score (nSPS) is 10.6. The second-order valence-corrected chi connectivity index (χ2v) is 3.42. The number of aromatic nitrogens is 2. The maximum atomic E-state index is 12.7. The fraction of sp³-hybridized carbons (Fsp3) is 0.556. The Morgan fingerprint density at radius 2 is 1.93 bits per heavy atom. The third-order valence-corrected chi connectivity index (χ3v) is 1.89. The van der Waals surface area contributed by atoms with E-state index in [4.69, 9.17) is 0 Å². The molecule has 0 radical (unpaired) electrons. The van der Waals surface area contributed by atoms with E-state index in [1.54, 1.807) is 0 Å². The third-order valence-electron chi connectivity index (χ3n) is 1.89. The Labute approximate surface area is 83.4 Å². The van der Waals surface area contributed by atoms with Crippen LogP contribution in [0, 0.1) is 5.95 Å². The van der Waals surface area contributed by atoms with E-state index in [1.807, 2.05) is 26.0 Å². The van der Waals surface area contributed by atoms with Crippen LogP contribution in [0.15, 0.2) is 12.4 Å². The van der Waals surface area contributed by atoms with E-state index in [1.165, 1.54) is 12.4 Å². The van der Waals surface area contributed by atoms with Gasteiger partial charge in [0.15, 0.2) is 0 Å². The van der Waals surface area contributed by atoms with E-state index < -0.39 is 5.95 Å². The first kappa shape index (κ1) is 10.8. The van der Waals surface area contributed by atoms with Gasteiger partial charge in [0.1, 0.15) is 12.1 Å². The molecular formula is C9H15FN4. The number of likely N-dealkylation sites (N-methyl/N-ethyl adjacent to an activating group) is 2. The van der Waals surface area contributed by atoms with Gasteiger partial charge in [0.25, 0.3) is 0 Å². The molecular weight excluding hydrogens is 183 g/mol. The highest BCUT2D eigenvalue weighted by atomic mass is 19.1. The van der Waals surface area contributed by atoms with Gasteiger partial charge in [-0.2, -0.15) is 4.39 Å². The molecule has 0 aliphatic heterocycles. The van der Waals surface area contributed by atoms with Crippen molar-refractivity contribution < 1.29 is 4.39 Å². The van der Waals surface area contributed by atoms with Crippen LogP contribution < -0.4 is 4.90 Å². The molecule has 5 heteroatoms. The van der Waals surface area contributed by atoms with Crippen molar-refractivity contribution in [3.63, 3.8) is 0 Å². The smallest absolute Gasteiger partial charge is 0.218 e. The van der Waals surface area contributed by atoms with Gasteiger partial charge in [-0.15, -0.1) is 0 Å². The molecule has 0 fully saturated rings. The number of halogens is 1. The first-order chi connectivity index (χ1) is 6.59. The largest absolute Gasteiger partial charge is 0.358 e. The average Bonchev–Trinajstić information content (AvgIpc) is 2.14. The second-order valence-electron chi connectivity index (χ2n) is 3.42. The molecule has 78 valence electrons. The molecule has 0 N–H and O–H groups in total. The van der Waals surface area contributed by atoms with E-state index in [-0.39, 0.29) is 0 Å². The molecule has 14 heavy (non-hydrogen) atoms. The first-order valence-corrected chi connectivity index (χ1v) is 4.43. The van der Waals surface area contributed by atoms with Gasteiger partial charge in [0, 0.05) is 26.2 Å². The van der Waals surface area contributed by atoms with Crippen LogP contribution in [0.2, 0.25) is 0 Å². The molecule has 1 rings (SSSR count). The Kier molecular flexibility index (Phi) is 3.76. The van der Waals surface area contributed by atoms with E-state index >= 15 is 0 Å². The molecule has 0 atom stereocenters. The van der Waals surface area contributed by atoms with Gasteiger partial charge in [0.05, 0.1) is 0 Å². The number of hydrogen-bond acceptors (Lipinski definition) is 4. The Morgan fingerprint density at radius 3 is 2.50 bits per heavy atom. The van der Waals surface area contributed by atoms with Crippen molar-refractivity contribution in [2.75, 3.05) is 39.1 Å². The van der Waals surface area contributed by atoms with Gasteiger partial charge in [-0.3, -0.25) is 0 Å². The monoisotopic (exact) mass is 198 g/mol. The topological polar surface area (TPSA) is 32.3 Å². The van der Waals surface area contributed by atoms with Crippen molar-refractivity contribution in [2.45, 2.75) is 0 Å². The van der Waals surface area contributed by atoms with Gasteiger partial charge in [0.2, 0.25) is 5.95 Å². The molecule has 0 unspecified atom stereocenters. The first-order valence-electron chi connectivity index (χ1n) is 4.43. The van der Waals surface area contributed by atoms with Crippen molar-refractivity contribution in [3.8, 4) is 0 Å². The minimum absolute atomic E-state index is 0.494. The molecule has 1 aromatic heterocycles. The summed E-state index contributed by atoms with van der Waals surface area (Å²) in [5, 5.41) is 0. The van der Waals surface area contributed by atoms with Crippen LogP contribution in [-0.4, -0.2) is 49.1 Å². The van der Waals surface area contributed by atoms with Gasteiger partial charge in [-0.25, -0.2) is 9.97 Å².